The molecule has 0 spiro atoms. The molecule has 62 valence electrons. The van der Waals surface area contributed by atoms with Gasteiger partial charge in [-0.3, -0.25) is 0 Å². The summed E-state index contributed by atoms with van der Waals surface area (Å²) in [5.41, 5.74) is 0. The smallest absolute Gasteiger partial charge is 0.0999 e. The highest BCUT2D eigenvalue weighted by atomic mass is 19.1. The van der Waals surface area contributed by atoms with Crippen molar-refractivity contribution < 1.29 is 4.39 Å². The Hall–Kier alpha value is -0.0700. The SMILES string of the molecule is CCC(C)CCC(F)CC. The van der Waals surface area contributed by atoms with Gasteiger partial charge in [0.05, 0.1) is 6.17 Å². The molecule has 0 aromatic rings. The van der Waals surface area contributed by atoms with E-state index in [1.807, 2.05) is 6.92 Å². The minimum atomic E-state index is -0.561. The predicted octanol–water partition coefficient (Wildman–Crippen LogP) is 3.56. The molecule has 0 rings (SSSR count). The van der Waals surface area contributed by atoms with Gasteiger partial charge in [0.1, 0.15) is 0 Å². The number of hydrogen-bond acceptors (Lipinski definition) is 0. The highest BCUT2D eigenvalue weighted by molar-refractivity contribution is 4.56. The van der Waals surface area contributed by atoms with Crippen LogP contribution < -0.4 is 0 Å². The number of rotatable bonds is 5. The molecule has 2 unspecified atom stereocenters. The van der Waals surface area contributed by atoms with Crippen LogP contribution in [-0.2, 0) is 0 Å². The number of alkyl halides is 1. The van der Waals surface area contributed by atoms with Crippen molar-refractivity contribution in [3.8, 4) is 0 Å². The zero-order chi connectivity index (χ0) is 7.98. The van der Waals surface area contributed by atoms with E-state index in [0.717, 1.165) is 12.8 Å². The third kappa shape index (κ3) is 4.78. The van der Waals surface area contributed by atoms with Gasteiger partial charge in [-0.15, -0.1) is 0 Å². The average molecular weight is 146 g/mol. The molecular formula is C9H19F. The first-order valence-electron chi connectivity index (χ1n) is 4.34. The van der Waals surface area contributed by atoms with E-state index in [2.05, 4.69) is 13.8 Å². The minimum absolute atomic E-state index is 0.561. The summed E-state index contributed by atoms with van der Waals surface area (Å²) >= 11 is 0. The summed E-state index contributed by atoms with van der Waals surface area (Å²) in [4.78, 5) is 0. The van der Waals surface area contributed by atoms with Crippen LogP contribution in [0.3, 0.4) is 0 Å². The van der Waals surface area contributed by atoms with Crippen molar-refractivity contribution in [3.05, 3.63) is 0 Å². The Morgan fingerprint density at radius 2 is 1.70 bits per heavy atom. The van der Waals surface area contributed by atoms with Gasteiger partial charge in [0.2, 0.25) is 0 Å². The molecule has 0 aliphatic heterocycles. The molecule has 0 bridgehead atoms. The zero-order valence-electron chi connectivity index (χ0n) is 7.36. The van der Waals surface area contributed by atoms with Crippen LogP contribution >= 0.6 is 0 Å². The summed E-state index contributed by atoms with van der Waals surface area (Å²) in [6, 6.07) is 0. The van der Waals surface area contributed by atoms with Crippen LogP contribution in [0.2, 0.25) is 0 Å². The molecule has 0 radical (unpaired) electrons. The first-order chi connectivity index (χ1) is 4.70. The largest absolute Gasteiger partial charge is 0.248 e. The van der Waals surface area contributed by atoms with Crippen LogP contribution in [0.4, 0.5) is 4.39 Å². The van der Waals surface area contributed by atoms with E-state index >= 15 is 0 Å². The molecule has 0 saturated heterocycles. The molecule has 10 heavy (non-hydrogen) atoms. The molecular weight excluding hydrogens is 127 g/mol. The summed E-state index contributed by atoms with van der Waals surface area (Å²) < 4.78 is 12.6. The summed E-state index contributed by atoms with van der Waals surface area (Å²) in [5, 5.41) is 0. The van der Waals surface area contributed by atoms with Crippen LogP contribution in [0, 0.1) is 5.92 Å². The van der Waals surface area contributed by atoms with Gasteiger partial charge in [0, 0.05) is 0 Å². The van der Waals surface area contributed by atoms with Gasteiger partial charge in [-0.1, -0.05) is 27.2 Å². The van der Waals surface area contributed by atoms with Gasteiger partial charge in [0.25, 0.3) is 0 Å². The second kappa shape index (κ2) is 5.70. The Balaban J connectivity index is 3.17. The second-order valence-electron chi connectivity index (χ2n) is 3.10. The van der Waals surface area contributed by atoms with E-state index in [1.165, 1.54) is 6.42 Å². The molecule has 0 aromatic heterocycles. The van der Waals surface area contributed by atoms with Crippen LogP contribution in [0.15, 0.2) is 0 Å². The van der Waals surface area contributed by atoms with Crippen LogP contribution in [0.25, 0.3) is 0 Å². The lowest BCUT2D eigenvalue weighted by molar-refractivity contribution is 0.282. The van der Waals surface area contributed by atoms with E-state index in [9.17, 15) is 4.39 Å². The van der Waals surface area contributed by atoms with Gasteiger partial charge in [-0.05, 0) is 25.2 Å². The van der Waals surface area contributed by atoms with Crippen molar-refractivity contribution in [1.82, 2.24) is 0 Å². The monoisotopic (exact) mass is 146 g/mol. The topological polar surface area (TPSA) is 0 Å². The fraction of sp³-hybridized carbons (Fsp3) is 1.00. The molecule has 0 aliphatic carbocycles. The fourth-order valence-corrected chi connectivity index (χ4v) is 0.874. The molecule has 2 atom stereocenters. The summed E-state index contributed by atoms with van der Waals surface area (Å²) in [6.07, 6.45) is 3.10. The second-order valence-corrected chi connectivity index (χ2v) is 3.10. The molecule has 0 N–H and O–H groups in total. The van der Waals surface area contributed by atoms with Gasteiger partial charge in [-0.25, -0.2) is 4.39 Å². The number of halogens is 1. The fourth-order valence-electron chi connectivity index (χ4n) is 0.874. The van der Waals surface area contributed by atoms with Crippen LogP contribution in [-0.4, -0.2) is 6.17 Å². The minimum Gasteiger partial charge on any atom is -0.248 e. The molecule has 0 fully saturated rings. The van der Waals surface area contributed by atoms with Gasteiger partial charge in [-0.2, -0.15) is 0 Å². The van der Waals surface area contributed by atoms with Crippen molar-refractivity contribution in [1.29, 1.82) is 0 Å². The molecule has 0 nitrogen and oxygen atoms in total. The molecule has 0 amide bonds. The van der Waals surface area contributed by atoms with Crippen molar-refractivity contribution in [3.63, 3.8) is 0 Å². The maximum Gasteiger partial charge on any atom is 0.0999 e. The molecule has 0 aliphatic rings. The van der Waals surface area contributed by atoms with Gasteiger partial charge >= 0.3 is 0 Å². The van der Waals surface area contributed by atoms with Crippen molar-refractivity contribution >= 4 is 0 Å². The van der Waals surface area contributed by atoms with E-state index in [-0.39, 0.29) is 0 Å². The lowest BCUT2D eigenvalue weighted by Gasteiger charge is -2.09. The molecule has 0 aromatic carbocycles. The third-order valence-corrected chi connectivity index (χ3v) is 2.11. The quantitative estimate of drug-likeness (QED) is 0.556. The van der Waals surface area contributed by atoms with Crippen molar-refractivity contribution in [2.75, 3.05) is 0 Å². The lowest BCUT2D eigenvalue weighted by atomic mass is 10.0. The summed E-state index contributed by atoms with van der Waals surface area (Å²) in [6.45, 7) is 6.24. The first-order valence-corrected chi connectivity index (χ1v) is 4.34. The molecule has 0 heterocycles. The van der Waals surface area contributed by atoms with Crippen molar-refractivity contribution in [2.45, 2.75) is 52.6 Å². The zero-order valence-corrected chi connectivity index (χ0v) is 7.36. The normalized spacial score (nSPS) is 16.8. The standard InChI is InChI=1S/C9H19F/c1-4-8(3)6-7-9(10)5-2/h8-9H,4-7H2,1-3H3. The Morgan fingerprint density at radius 1 is 1.10 bits per heavy atom. The first kappa shape index (κ1) is 9.93. The van der Waals surface area contributed by atoms with E-state index < -0.39 is 6.17 Å². The maximum atomic E-state index is 12.6. The Kier molecular flexibility index (Phi) is 5.66. The van der Waals surface area contributed by atoms with Gasteiger partial charge in [0.15, 0.2) is 0 Å². The van der Waals surface area contributed by atoms with Gasteiger partial charge < -0.3 is 0 Å². The Bertz CT molecular complexity index is 61.1. The van der Waals surface area contributed by atoms with E-state index in [0.29, 0.717) is 12.3 Å². The predicted molar refractivity (Wildman–Crippen MR) is 43.9 cm³/mol. The average Bonchev–Trinajstić information content (AvgIpc) is 1.99. The summed E-state index contributed by atoms with van der Waals surface area (Å²) in [7, 11) is 0. The number of hydrogen-bond donors (Lipinski definition) is 0. The van der Waals surface area contributed by atoms with E-state index in [4.69, 9.17) is 0 Å². The highest BCUT2D eigenvalue weighted by Crippen LogP contribution is 2.14. The van der Waals surface area contributed by atoms with Crippen LogP contribution in [0.1, 0.15) is 46.5 Å². The van der Waals surface area contributed by atoms with Crippen molar-refractivity contribution in [2.24, 2.45) is 5.92 Å². The Labute approximate surface area is 63.8 Å². The van der Waals surface area contributed by atoms with Crippen LogP contribution in [0.5, 0.6) is 0 Å². The molecule has 1 heteroatoms. The Morgan fingerprint density at radius 3 is 2.10 bits per heavy atom. The lowest BCUT2D eigenvalue weighted by Crippen LogP contribution is -2.01. The molecule has 0 saturated carbocycles. The van der Waals surface area contributed by atoms with E-state index in [1.54, 1.807) is 0 Å². The third-order valence-electron chi connectivity index (χ3n) is 2.11. The summed E-state index contributed by atoms with van der Waals surface area (Å²) in [5.74, 6) is 0.699. The maximum absolute atomic E-state index is 12.6. The highest BCUT2D eigenvalue weighted by Gasteiger charge is 2.05.